The van der Waals surface area contributed by atoms with Gasteiger partial charge in [-0.05, 0) is 30.4 Å². The van der Waals surface area contributed by atoms with Gasteiger partial charge in [-0.15, -0.1) is 0 Å². The Kier molecular flexibility index (Phi) is 8.16. The SMILES string of the molecule is CCC[C@H](C)CC(=O)NCC(=O)SCC(=O)N1CCCc2ccccc21. The van der Waals surface area contributed by atoms with Crippen LogP contribution in [-0.4, -0.2) is 35.8 Å². The molecule has 142 valence electrons. The van der Waals surface area contributed by atoms with Gasteiger partial charge in [-0.1, -0.05) is 56.7 Å². The first kappa shape index (κ1) is 20.5. The van der Waals surface area contributed by atoms with Gasteiger partial charge in [-0.3, -0.25) is 14.4 Å². The summed E-state index contributed by atoms with van der Waals surface area (Å²) in [6.45, 7) is 4.80. The standard InChI is InChI=1S/C20H28N2O3S/c1-3-7-15(2)12-18(23)21-13-20(25)26-14-19(24)22-11-6-9-16-8-4-5-10-17(16)22/h4-5,8,10,15H,3,6-7,9,11-14H2,1-2H3,(H,21,23)/t15-/m0/s1. The smallest absolute Gasteiger partial charge is 0.237 e. The van der Waals surface area contributed by atoms with Gasteiger partial charge in [0.15, 0.2) is 0 Å². The van der Waals surface area contributed by atoms with Gasteiger partial charge in [-0.25, -0.2) is 0 Å². The van der Waals surface area contributed by atoms with Crippen molar-refractivity contribution in [2.24, 2.45) is 5.92 Å². The second kappa shape index (κ2) is 10.4. The number of benzene rings is 1. The van der Waals surface area contributed by atoms with Crippen molar-refractivity contribution in [3.05, 3.63) is 29.8 Å². The number of amides is 2. The molecule has 1 aromatic rings. The zero-order valence-electron chi connectivity index (χ0n) is 15.6. The zero-order chi connectivity index (χ0) is 18.9. The van der Waals surface area contributed by atoms with Crippen LogP contribution in [0.5, 0.6) is 0 Å². The van der Waals surface area contributed by atoms with Gasteiger partial charge in [0.05, 0.1) is 12.3 Å². The summed E-state index contributed by atoms with van der Waals surface area (Å²) in [4.78, 5) is 38.0. The fraction of sp³-hybridized carbons (Fsp3) is 0.550. The summed E-state index contributed by atoms with van der Waals surface area (Å²) in [5, 5.41) is 2.48. The van der Waals surface area contributed by atoms with Crippen molar-refractivity contribution in [2.45, 2.75) is 46.0 Å². The molecular weight excluding hydrogens is 348 g/mol. The molecule has 5 nitrogen and oxygen atoms in total. The van der Waals surface area contributed by atoms with Crippen molar-refractivity contribution in [1.82, 2.24) is 5.32 Å². The summed E-state index contributed by atoms with van der Waals surface area (Å²) in [7, 11) is 0. The Labute approximate surface area is 159 Å². The van der Waals surface area contributed by atoms with E-state index < -0.39 is 0 Å². The first-order valence-electron chi connectivity index (χ1n) is 9.31. The molecule has 0 saturated heterocycles. The van der Waals surface area contributed by atoms with Crippen molar-refractivity contribution >= 4 is 34.4 Å². The van der Waals surface area contributed by atoms with Crippen LogP contribution in [0.25, 0.3) is 0 Å². The van der Waals surface area contributed by atoms with Crippen LogP contribution in [0.3, 0.4) is 0 Å². The number of nitrogens with one attached hydrogen (secondary N) is 1. The molecule has 0 radical (unpaired) electrons. The van der Waals surface area contributed by atoms with Crippen LogP contribution in [0.15, 0.2) is 24.3 Å². The van der Waals surface area contributed by atoms with Crippen molar-refractivity contribution in [3.63, 3.8) is 0 Å². The molecule has 1 N–H and O–H groups in total. The normalized spacial score (nSPS) is 14.5. The van der Waals surface area contributed by atoms with E-state index in [-0.39, 0.29) is 29.2 Å². The van der Waals surface area contributed by atoms with Gasteiger partial charge >= 0.3 is 0 Å². The predicted octanol–water partition coefficient (Wildman–Crippen LogP) is 3.17. The summed E-state index contributed by atoms with van der Waals surface area (Å²) >= 11 is 0.979. The average molecular weight is 377 g/mol. The molecule has 0 aliphatic carbocycles. The van der Waals surface area contributed by atoms with E-state index in [2.05, 4.69) is 12.2 Å². The number of carbonyl (C=O) groups is 3. The molecule has 0 aromatic heterocycles. The maximum absolute atomic E-state index is 12.5. The van der Waals surface area contributed by atoms with Gasteiger partial charge in [-0.2, -0.15) is 0 Å². The lowest BCUT2D eigenvalue weighted by Crippen LogP contribution is -2.37. The number of aryl methyl sites for hydroxylation is 1. The molecule has 0 spiro atoms. The molecule has 6 heteroatoms. The van der Waals surface area contributed by atoms with E-state index in [9.17, 15) is 14.4 Å². The lowest BCUT2D eigenvalue weighted by molar-refractivity contribution is -0.123. The van der Waals surface area contributed by atoms with E-state index in [4.69, 9.17) is 0 Å². The molecule has 0 bridgehead atoms. The van der Waals surface area contributed by atoms with E-state index in [1.807, 2.05) is 31.2 Å². The molecule has 0 unspecified atom stereocenters. The van der Waals surface area contributed by atoms with Crippen LogP contribution in [0, 0.1) is 5.92 Å². The monoisotopic (exact) mass is 376 g/mol. The molecule has 1 aliphatic heterocycles. The van der Waals surface area contributed by atoms with Gasteiger partial charge in [0.25, 0.3) is 0 Å². The maximum Gasteiger partial charge on any atom is 0.237 e. The second-order valence-electron chi connectivity index (χ2n) is 6.81. The van der Waals surface area contributed by atoms with Crippen molar-refractivity contribution < 1.29 is 14.4 Å². The first-order valence-corrected chi connectivity index (χ1v) is 10.3. The number of carbonyl (C=O) groups excluding carboxylic acids is 3. The van der Waals surface area contributed by atoms with Crippen LogP contribution < -0.4 is 10.2 Å². The average Bonchev–Trinajstić information content (AvgIpc) is 2.64. The van der Waals surface area contributed by atoms with Crippen LogP contribution in [0.1, 0.15) is 45.1 Å². The third kappa shape index (κ3) is 6.16. The van der Waals surface area contributed by atoms with E-state index >= 15 is 0 Å². The number of nitrogens with zero attached hydrogens (tertiary/aromatic N) is 1. The summed E-state index contributed by atoms with van der Waals surface area (Å²) < 4.78 is 0. The maximum atomic E-state index is 12.5. The quantitative estimate of drug-likeness (QED) is 0.757. The third-order valence-corrected chi connectivity index (χ3v) is 5.37. The van der Waals surface area contributed by atoms with Gasteiger partial charge in [0.1, 0.15) is 0 Å². The van der Waals surface area contributed by atoms with Crippen LogP contribution in [0.4, 0.5) is 5.69 Å². The number of anilines is 1. The van der Waals surface area contributed by atoms with Crippen molar-refractivity contribution in [2.75, 3.05) is 23.7 Å². The Morgan fingerprint density at radius 1 is 1.27 bits per heavy atom. The highest BCUT2D eigenvalue weighted by molar-refractivity contribution is 8.14. The van der Waals surface area contributed by atoms with Crippen LogP contribution in [-0.2, 0) is 20.8 Å². The fourth-order valence-corrected chi connectivity index (χ4v) is 3.83. The molecule has 2 rings (SSSR count). The minimum Gasteiger partial charge on any atom is -0.348 e. The summed E-state index contributed by atoms with van der Waals surface area (Å²) in [6.07, 6.45) is 4.41. The van der Waals surface area contributed by atoms with Crippen molar-refractivity contribution in [1.29, 1.82) is 0 Å². The summed E-state index contributed by atoms with van der Waals surface area (Å²) in [6, 6.07) is 7.91. The zero-order valence-corrected chi connectivity index (χ0v) is 16.4. The molecule has 0 fully saturated rings. The first-order chi connectivity index (χ1) is 12.5. The number of thioether (sulfide) groups is 1. The number of hydrogen-bond donors (Lipinski definition) is 1. The van der Waals surface area contributed by atoms with Gasteiger partial charge < -0.3 is 10.2 Å². The highest BCUT2D eigenvalue weighted by Crippen LogP contribution is 2.27. The minimum atomic E-state index is -0.180. The number of rotatable bonds is 8. The van der Waals surface area contributed by atoms with Gasteiger partial charge in [0.2, 0.25) is 16.9 Å². The summed E-state index contributed by atoms with van der Waals surface area (Å²) in [5.74, 6) is 0.271. The molecular formula is C20H28N2O3S. The summed E-state index contributed by atoms with van der Waals surface area (Å²) in [5.41, 5.74) is 2.13. The molecule has 1 heterocycles. The molecule has 1 aromatic carbocycles. The second-order valence-corrected chi connectivity index (χ2v) is 7.85. The van der Waals surface area contributed by atoms with E-state index in [0.29, 0.717) is 18.9 Å². The highest BCUT2D eigenvalue weighted by atomic mass is 32.2. The van der Waals surface area contributed by atoms with E-state index in [1.54, 1.807) is 4.90 Å². The Balaban J connectivity index is 1.74. The molecule has 2 amide bonds. The Morgan fingerprint density at radius 3 is 2.81 bits per heavy atom. The Hall–Kier alpha value is -1.82. The lowest BCUT2D eigenvalue weighted by Gasteiger charge is -2.29. The minimum absolute atomic E-state index is 0.0216. The highest BCUT2D eigenvalue weighted by Gasteiger charge is 2.22. The Bertz CT molecular complexity index is 648. The fourth-order valence-electron chi connectivity index (χ4n) is 3.22. The largest absolute Gasteiger partial charge is 0.348 e. The number of para-hydroxylation sites is 1. The van der Waals surface area contributed by atoms with Crippen LogP contribution in [0.2, 0.25) is 0 Å². The Morgan fingerprint density at radius 2 is 2.04 bits per heavy atom. The van der Waals surface area contributed by atoms with E-state index in [0.717, 1.165) is 43.1 Å². The predicted molar refractivity (Wildman–Crippen MR) is 106 cm³/mol. The van der Waals surface area contributed by atoms with Crippen molar-refractivity contribution in [3.8, 4) is 0 Å². The third-order valence-electron chi connectivity index (χ3n) is 4.51. The molecule has 0 saturated carbocycles. The van der Waals surface area contributed by atoms with E-state index in [1.165, 1.54) is 5.56 Å². The number of fused-ring (bicyclic) bond motifs is 1. The lowest BCUT2D eigenvalue weighted by atomic mass is 10.0. The molecule has 1 aliphatic rings. The topological polar surface area (TPSA) is 66.5 Å². The number of hydrogen-bond acceptors (Lipinski definition) is 4. The van der Waals surface area contributed by atoms with Gasteiger partial charge in [0, 0.05) is 18.7 Å². The molecule has 26 heavy (non-hydrogen) atoms. The van der Waals surface area contributed by atoms with Crippen LogP contribution >= 0.6 is 11.8 Å². The molecule has 1 atom stereocenters.